The maximum absolute atomic E-state index is 12.3. The lowest BCUT2D eigenvalue weighted by Crippen LogP contribution is -2.30. The van der Waals surface area contributed by atoms with E-state index < -0.39 is 16.5 Å². The molecule has 0 saturated carbocycles. The number of ether oxygens (including phenoxy) is 4. The van der Waals surface area contributed by atoms with E-state index in [0.29, 0.717) is 51.0 Å². The van der Waals surface area contributed by atoms with Crippen LogP contribution in [0.3, 0.4) is 0 Å². The number of H-pyrrole nitrogens is 1. The molecular weight excluding hydrogens is 498 g/mol. The summed E-state index contributed by atoms with van der Waals surface area (Å²) in [5.74, 6) is 0.610. The van der Waals surface area contributed by atoms with Crippen molar-refractivity contribution < 1.29 is 28.7 Å². The number of hydrogen-bond donors (Lipinski definition) is 3. The molecule has 1 heterocycles. The van der Waals surface area contributed by atoms with Crippen molar-refractivity contribution in [2.45, 2.75) is 6.54 Å². The van der Waals surface area contributed by atoms with Gasteiger partial charge in [0.05, 0.1) is 43.7 Å². The largest absolute Gasteiger partial charge is 0.491 e. The molecule has 0 radical (unpaired) electrons. The van der Waals surface area contributed by atoms with Crippen LogP contribution >= 0.6 is 0 Å². The number of urea groups is 1. The fourth-order valence-corrected chi connectivity index (χ4v) is 3.14. The Morgan fingerprint density at radius 2 is 1.63 bits per heavy atom. The van der Waals surface area contributed by atoms with Gasteiger partial charge in [-0.25, -0.2) is 9.78 Å². The second-order valence-electron chi connectivity index (χ2n) is 7.80. The van der Waals surface area contributed by atoms with Crippen LogP contribution in [0.4, 0.5) is 16.4 Å². The molecule has 1 aromatic heterocycles. The van der Waals surface area contributed by atoms with Gasteiger partial charge < -0.3 is 24.3 Å². The zero-order valence-electron chi connectivity index (χ0n) is 20.8. The van der Waals surface area contributed by atoms with Gasteiger partial charge in [-0.05, 0) is 29.8 Å². The molecule has 0 aliphatic rings. The Kier molecular flexibility index (Phi) is 11.2. The van der Waals surface area contributed by atoms with E-state index >= 15 is 0 Å². The lowest BCUT2D eigenvalue weighted by atomic mass is 10.1. The van der Waals surface area contributed by atoms with Crippen molar-refractivity contribution in [3.63, 3.8) is 0 Å². The van der Waals surface area contributed by atoms with E-state index in [-0.39, 0.29) is 23.9 Å². The van der Waals surface area contributed by atoms with Gasteiger partial charge in [0.1, 0.15) is 12.4 Å². The molecule has 202 valence electrons. The fourth-order valence-electron chi connectivity index (χ4n) is 3.14. The average molecular weight is 528 g/mol. The fraction of sp³-hybridized carbons (Fsp3) is 0.320. The predicted molar refractivity (Wildman–Crippen MR) is 138 cm³/mol. The first-order chi connectivity index (χ1) is 18.4. The van der Waals surface area contributed by atoms with Gasteiger partial charge in [-0.15, -0.1) is 0 Å². The number of nitro benzene ring substituents is 1. The standard InChI is InChI=1S/C25H29N5O8/c1-35-10-11-36-12-13-37-14-15-38-21-8-2-18(3-9-21)17-26-25(32)29-24-27-22(16-23(31)28-24)19-4-6-20(7-5-19)30(33)34/h2-9,16H,10-15,17H2,1H3,(H3,26,27,28,29,31,32). The van der Waals surface area contributed by atoms with Gasteiger partial charge in [0.2, 0.25) is 5.95 Å². The number of carbonyl (C=O) groups excluding carboxylic acids is 1. The van der Waals surface area contributed by atoms with Crippen molar-refractivity contribution in [2.75, 3.05) is 52.1 Å². The zero-order valence-corrected chi connectivity index (χ0v) is 20.8. The molecule has 0 aliphatic carbocycles. The Morgan fingerprint density at radius 1 is 0.974 bits per heavy atom. The number of nitrogens with one attached hydrogen (secondary N) is 3. The van der Waals surface area contributed by atoms with Gasteiger partial charge in [-0.1, -0.05) is 12.1 Å². The van der Waals surface area contributed by atoms with E-state index in [0.717, 1.165) is 5.56 Å². The number of benzene rings is 2. The maximum atomic E-state index is 12.3. The van der Waals surface area contributed by atoms with Crippen molar-refractivity contribution in [2.24, 2.45) is 0 Å². The summed E-state index contributed by atoms with van der Waals surface area (Å²) >= 11 is 0. The summed E-state index contributed by atoms with van der Waals surface area (Å²) in [6.45, 7) is 3.11. The monoisotopic (exact) mass is 527 g/mol. The quantitative estimate of drug-likeness (QED) is 0.153. The minimum atomic E-state index is -0.572. The molecule has 2 amide bonds. The van der Waals surface area contributed by atoms with Crippen LogP contribution in [0.15, 0.2) is 59.4 Å². The van der Waals surface area contributed by atoms with E-state index in [9.17, 15) is 19.7 Å². The highest BCUT2D eigenvalue weighted by Gasteiger charge is 2.10. The second-order valence-corrected chi connectivity index (χ2v) is 7.80. The Balaban J connectivity index is 1.41. The molecule has 0 aliphatic heterocycles. The zero-order chi connectivity index (χ0) is 27.2. The van der Waals surface area contributed by atoms with Gasteiger partial charge in [0, 0.05) is 37.4 Å². The molecule has 13 heteroatoms. The van der Waals surface area contributed by atoms with Crippen LogP contribution in [0, 0.1) is 10.1 Å². The number of methoxy groups -OCH3 is 1. The summed E-state index contributed by atoms with van der Waals surface area (Å²) in [4.78, 5) is 41.3. The van der Waals surface area contributed by atoms with Crippen molar-refractivity contribution in [1.29, 1.82) is 0 Å². The second kappa shape index (κ2) is 15.0. The minimum Gasteiger partial charge on any atom is -0.491 e. The lowest BCUT2D eigenvalue weighted by molar-refractivity contribution is -0.384. The first kappa shape index (κ1) is 28.2. The van der Waals surface area contributed by atoms with Crippen LogP contribution in [0.5, 0.6) is 5.75 Å². The van der Waals surface area contributed by atoms with Crippen molar-refractivity contribution in [3.05, 3.63) is 80.6 Å². The van der Waals surface area contributed by atoms with Crippen LogP contribution in [0.2, 0.25) is 0 Å². The maximum Gasteiger partial charge on any atom is 0.321 e. The number of non-ortho nitro benzene ring substituents is 1. The summed E-state index contributed by atoms with van der Waals surface area (Å²) in [5.41, 5.74) is 1.01. The van der Waals surface area contributed by atoms with E-state index in [1.54, 1.807) is 19.2 Å². The highest BCUT2D eigenvalue weighted by molar-refractivity contribution is 5.87. The molecule has 38 heavy (non-hydrogen) atoms. The molecule has 0 saturated heterocycles. The SMILES string of the molecule is COCCOCCOCCOc1ccc(CNC(=O)Nc2nc(-c3ccc([N+](=O)[O-])cc3)cc(=O)[nH]2)cc1. The van der Waals surface area contributed by atoms with Crippen molar-refractivity contribution in [1.82, 2.24) is 15.3 Å². The molecule has 2 aromatic carbocycles. The molecule has 3 aromatic rings. The minimum absolute atomic E-state index is 0.0594. The van der Waals surface area contributed by atoms with E-state index in [4.69, 9.17) is 18.9 Å². The van der Waals surface area contributed by atoms with Gasteiger partial charge >= 0.3 is 6.03 Å². The molecule has 0 spiro atoms. The number of hydrogen-bond acceptors (Lipinski definition) is 9. The van der Waals surface area contributed by atoms with E-state index in [1.165, 1.54) is 30.3 Å². The Labute approximate surface area is 218 Å². The number of amides is 2. The number of nitrogens with zero attached hydrogens (tertiary/aromatic N) is 2. The Bertz CT molecular complexity index is 1230. The number of aromatic amines is 1. The molecule has 0 atom stereocenters. The topological polar surface area (TPSA) is 167 Å². The first-order valence-electron chi connectivity index (χ1n) is 11.7. The molecule has 0 unspecified atom stereocenters. The van der Waals surface area contributed by atoms with Crippen LogP contribution in [0.1, 0.15) is 5.56 Å². The number of rotatable bonds is 15. The first-order valence-corrected chi connectivity index (χ1v) is 11.7. The third kappa shape index (κ3) is 9.61. The summed E-state index contributed by atoms with van der Waals surface area (Å²) in [5, 5.41) is 16.0. The molecule has 3 rings (SSSR count). The van der Waals surface area contributed by atoms with Crippen LogP contribution < -0.4 is 20.9 Å². The summed E-state index contributed by atoms with van der Waals surface area (Å²) in [7, 11) is 1.62. The highest BCUT2D eigenvalue weighted by Crippen LogP contribution is 2.20. The van der Waals surface area contributed by atoms with Gasteiger partial charge in [-0.3, -0.25) is 25.2 Å². The van der Waals surface area contributed by atoms with E-state index in [2.05, 4.69) is 20.6 Å². The van der Waals surface area contributed by atoms with Crippen LogP contribution in [0.25, 0.3) is 11.3 Å². The van der Waals surface area contributed by atoms with Gasteiger partial charge in [0.25, 0.3) is 11.2 Å². The molecule has 3 N–H and O–H groups in total. The smallest absolute Gasteiger partial charge is 0.321 e. The molecule has 13 nitrogen and oxygen atoms in total. The number of nitro groups is 1. The Hall–Kier alpha value is -4.33. The van der Waals surface area contributed by atoms with Gasteiger partial charge in [0.15, 0.2) is 0 Å². The lowest BCUT2D eigenvalue weighted by Gasteiger charge is -2.10. The van der Waals surface area contributed by atoms with Crippen LogP contribution in [-0.2, 0) is 20.8 Å². The number of aromatic nitrogens is 2. The summed E-state index contributed by atoms with van der Waals surface area (Å²) < 4.78 is 21.2. The third-order valence-corrected chi connectivity index (χ3v) is 5.02. The highest BCUT2D eigenvalue weighted by atomic mass is 16.6. The predicted octanol–water partition coefficient (Wildman–Crippen LogP) is 2.73. The van der Waals surface area contributed by atoms with Crippen LogP contribution in [-0.4, -0.2) is 67.7 Å². The number of anilines is 1. The third-order valence-electron chi connectivity index (χ3n) is 5.02. The average Bonchev–Trinajstić information content (AvgIpc) is 2.91. The normalized spacial score (nSPS) is 10.7. The summed E-state index contributed by atoms with van der Waals surface area (Å²) in [6, 6.07) is 13.4. The van der Waals surface area contributed by atoms with Crippen molar-refractivity contribution >= 4 is 17.7 Å². The van der Waals surface area contributed by atoms with E-state index in [1.807, 2.05) is 12.1 Å². The number of carbonyl (C=O) groups is 1. The van der Waals surface area contributed by atoms with Gasteiger partial charge in [-0.2, -0.15) is 0 Å². The molecule has 0 fully saturated rings. The molecule has 0 bridgehead atoms. The Morgan fingerprint density at radius 3 is 2.29 bits per heavy atom. The summed E-state index contributed by atoms with van der Waals surface area (Å²) in [6.07, 6.45) is 0. The van der Waals surface area contributed by atoms with Crippen molar-refractivity contribution in [3.8, 4) is 17.0 Å². The molecular formula is C25H29N5O8.